The van der Waals surface area contributed by atoms with Gasteiger partial charge in [0.25, 0.3) is 0 Å². The van der Waals surface area contributed by atoms with Crippen LogP contribution in [0, 0.1) is 5.92 Å². The molecular weight excluding hydrogens is 304 g/mol. The molecule has 0 bridgehead atoms. The molecule has 1 aliphatic heterocycles. The summed E-state index contributed by atoms with van der Waals surface area (Å²) < 4.78 is 0. The van der Waals surface area contributed by atoms with Crippen LogP contribution in [0.4, 0.5) is 5.69 Å². The number of aromatic hydroxyl groups is 1. The Balaban J connectivity index is 1.53. The summed E-state index contributed by atoms with van der Waals surface area (Å²) in [7, 11) is 0. The largest absolute Gasteiger partial charge is 0.508 e. The number of nitrogens with one attached hydrogen (secondary N) is 1. The summed E-state index contributed by atoms with van der Waals surface area (Å²) in [5, 5.41) is 12.1. The number of hydrogen-bond donors (Lipinski definition) is 2. The lowest BCUT2D eigenvalue weighted by atomic mass is 10.1. The van der Waals surface area contributed by atoms with Crippen LogP contribution in [0.3, 0.4) is 0 Å². The number of benzene rings is 2. The van der Waals surface area contributed by atoms with Crippen molar-refractivity contribution in [2.75, 3.05) is 18.4 Å². The van der Waals surface area contributed by atoms with Crippen molar-refractivity contribution < 1.29 is 14.7 Å². The number of nitrogens with zero attached hydrogens (tertiary/aromatic N) is 1. The Bertz CT molecular complexity index is 713. The molecule has 1 fully saturated rings. The highest BCUT2D eigenvalue weighted by Gasteiger charge is 2.33. The van der Waals surface area contributed by atoms with Crippen LogP contribution in [-0.2, 0) is 16.0 Å². The van der Waals surface area contributed by atoms with Crippen molar-refractivity contribution in [1.82, 2.24) is 4.90 Å². The third-order valence-corrected chi connectivity index (χ3v) is 4.23. The van der Waals surface area contributed by atoms with Gasteiger partial charge in [0, 0.05) is 25.2 Å². The van der Waals surface area contributed by atoms with Crippen LogP contribution >= 0.6 is 0 Å². The summed E-state index contributed by atoms with van der Waals surface area (Å²) in [5.74, 6) is -0.314. The molecular formula is C19H20N2O3. The highest BCUT2D eigenvalue weighted by Crippen LogP contribution is 2.21. The van der Waals surface area contributed by atoms with E-state index in [-0.39, 0.29) is 29.9 Å². The molecule has 0 aromatic heterocycles. The second kappa shape index (κ2) is 7.17. The van der Waals surface area contributed by atoms with Gasteiger partial charge >= 0.3 is 0 Å². The molecule has 3 rings (SSSR count). The maximum Gasteiger partial charge on any atom is 0.229 e. The number of anilines is 1. The zero-order valence-corrected chi connectivity index (χ0v) is 13.3. The topological polar surface area (TPSA) is 69.6 Å². The molecule has 1 saturated heterocycles. The molecule has 1 aliphatic rings. The number of amides is 2. The predicted molar refractivity (Wildman–Crippen MR) is 91.6 cm³/mol. The first kappa shape index (κ1) is 16.1. The van der Waals surface area contributed by atoms with Crippen molar-refractivity contribution in [3.8, 4) is 5.75 Å². The maximum absolute atomic E-state index is 12.3. The molecule has 0 spiro atoms. The lowest BCUT2D eigenvalue weighted by Crippen LogP contribution is -2.30. The molecule has 2 aromatic rings. The Kier molecular flexibility index (Phi) is 4.79. The smallest absolute Gasteiger partial charge is 0.229 e. The monoisotopic (exact) mass is 324 g/mol. The number of carbonyl (C=O) groups excluding carboxylic acids is 2. The van der Waals surface area contributed by atoms with E-state index >= 15 is 0 Å². The minimum absolute atomic E-state index is 0.0248. The third kappa shape index (κ3) is 3.93. The molecule has 1 heterocycles. The van der Waals surface area contributed by atoms with Crippen molar-refractivity contribution in [3.05, 3.63) is 60.2 Å². The number of hydrogen-bond acceptors (Lipinski definition) is 3. The number of rotatable bonds is 5. The first-order chi connectivity index (χ1) is 11.6. The Hall–Kier alpha value is -2.82. The highest BCUT2D eigenvalue weighted by molar-refractivity contribution is 5.97. The first-order valence-electron chi connectivity index (χ1n) is 8.03. The second-order valence-electron chi connectivity index (χ2n) is 6.01. The van der Waals surface area contributed by atoms with Crippen LogP contribution < -0.4 is 5.32 Å². The Labute approximate surface area is 140 Å². The van der Waals surface area contributed by atoms with Crippen molar-refractivity contribution in [2.45, 2.75) is 12.8 Å². The quantitative estimate of drug-likeness (QED) is 0.830. The molecule has 1 atom stereocenters. The maximum atomic E-state index is 12.3. The Morgan fingerprint density at radius 3 is 2.54 bits per heavy atom. The van der Waals surface area contributed by atoms with Crippen molar-refractivity contribution in [2.24, 2.45) is 5.92 Å². The van der Waals surface area contributed by atoms with Gasteiger partial charge in [0.1, 0.15) is 5.75 Å². The molecule has 5 nitrogen and oxygen atoms in total. The lowest BCUT2D eigenvalue weighted by molar-refractivity contribution is -0.128. The average molecular weight is 324 g/mol. The number of phenolic OH excluding ortho intramolecular Hbond substituents is 1. The molecule has 0 aliphatic carbocycles. The van der Waals surface area contributed by atoms with E-state index in [0.717, 1.165) is 6.42 Å². The van der Waals surface area contributed by atoms with Crippen LogP contribution in [0.5, 0.6) is 5.75 Å². The fraction of sp³-hybridized carbons (Fsp3) is 0.263. The van der Waals surface area contributed by atoms with E-state index in [4.69, 9.17) is 0 Å². The molecule has 24 heavy (non-hydrogen) atoms. The normalized spacial score (nSPS) is 17.1. The van der Waals surface area contributed by atoms with Gasteiger partial charge in [0.05, 0.1) is 5.92 Å². The van der Waals surface area contributed by atoms with Gasteiger partial charge < -0.3 is 15.3 Å². The summed E-state index contributed by atoms with van der Waals surface area (Å²) in [6.45, 7) is 1.08. The van der Waals surface area contributed by atoms with Crippen LogP contribution in [0.1, 0.15) is 12.0 Å². The number of likely N-dealkylation sites (tertiary alicyclic amines) is 1. The number of phenols is 1. The first-order valence-corrected chi connectivity index (χ1v) is 8.03. The summed E-state index contributed by atoms with van der Waals surface area (Å²) in [6, 6.07) is 16.3. The van der Waals surface area contributed by atoms with E-state index in [2.05, 4.69) is 5.32 Å². The fourth-order valence-corrected chi connectivity index (χ4v) is 2.86. The van der Waals surface area contributed by atoms with Gasteiger partial charge in [0.2, 0.25) is 11.8 Å². The molecule has 124 valence electrons. The summed E-state index contributed by atoms with van der Waals surface area (Å²) in [5.41, 5.74) is 1.80. The lowest BCUT2D eigenvalue weighted by Gasteiger charge is -2.16. The van der Waals surface area contributed by atoms with Crippen molar-refractivity contribution >= 4 is 17.5 Å². The zero-order chi connectivity index (χ0) is 16.9. The molecule has 2 N–H and O–H groups in total. The van der Waals surface area contributed by atoms with Crippen LogP contribution in [0.25, 0.3) is 0 Å². The Morgan fingerprint density at radius 2 is 1.83 bits per heavy atom. The molecule has 0 saturated carbocycles. The van der Waals surface area contributed by atoms with E-state index < -0.39 is 0 Å². The van der Waals surface area contributed by atoms with Gasteiger partial charge in [-0.05, 0) is 36.2 Å². The molecule has 0 unspecified atom stereocenters. The molecule has 2 aromatic carbocycles. The third-order valence-electron chi connectivity index (χ3n) is 4.23. The van der Waals surface area contributed by atoms with E-state index in [9.17, 15) is 14.7 Å². The van der Waals surface area contributed by atoms with Crippen LogP contribution in [0.15, 0.2) is 54.6 Å². The summed E-state index contributed by atoms with van der Waals surface area (Å²) in [4.78, 5) is 26.2. The summed E-state index contributed by atoms with van der Waals surface area (Å²) in [6.07, 6.45) is 1.04. The van der Waals surface area contributed by atoms with Gasteiger partial charge in [-0.15, -0.1) is 0 Å². The van der Waals surface area contributed by atoms with Crippen molar-refractivity contribution in [1.29, 1.82) is 0 Å². The van der Waals surface area contributed by atoms with Gasteiger partial charge in [-0.2, -0.15) is 0 Å². The standard InChI is InChI=1S/C19H20N2O3/c22-17-8-6-16(7-9-17)20-19(24)15-12-18(23)21(13-15)11-10-14-4-2-1-3-5-14/h1-9,15,22H,10-13H2,(H,20,24)/t15-/m0/s1. The minimum Gasteiger partial charge on any atom is -0.508 e. The summed E-state index contributed by atoms with van der Waals surface area (Å²) >= 11 is 0. The SMILES string of the molecule is O=C(Nc1ccc(O)cc1)[C@H]1CC(=O)N(CCc2ccccc2)C1. The highest BCUT2D eigenvalue weighted by atomic mass is 16.3. The second-order valence-corrected chi connectivity index (χ2v) is 6.01. The van der Waals surface area contributed by atoms with Gasteiger partial charge in [-0.3, -0.25) is 9.59 Å². The number of carbonyl (C=O) groups is 2. The van der Waals surface area contributed by atoms with Crippen LogP contribution in [0.2, 0.25) is 0 Å². The van der Waals surface area contributed by atoms with Gasteiger partial charge in [-0.25, -0.2) is 0 Å². The van der Waals surface area contributed by atoms with Crippen LogP contribution in [-0.4, -0.2) is 34.9 Å². The fourth-order valence-electron chi connectivity index (χ4n) is 2.86. The minimum atomic E-state index is -0.331. The van der Waals surface area contributed by atoms with Gasteiger partial charge in [-0.1, -0.05) is 30.3 Å². The van der Waals surface area contributed by atoms with E-state index in [1.165, 1.54) is 17.7 Å². The molecule has 0 radical (unpaired) electrons. The van der Waals surface area contributed by atoms with E-state index in [1.54, 1.807) is 17.0 Å². The predicted octanol–water partition coefficient (Wildman–Crippen LogP) is 2.42. The van der Waals surface area contributed by atoms with E-state index in [0.29, 0.717) is 18.8 Å². The Morgan fingerprint density at radius 1 is 1.12 bits per heavy atom. The van der Waals surface area contributed by atoms with Crippen molar-refractivity contribution in [3.63, 3.8) is 0 Å². The zero-order valence-electron chi connectivity index (χ0n) is 13.3. The van der Waals surface area contributed by atoms with E-state index in [1.807, 2.05) is 30.3 Å². The average Bonchev–Trinajstić information content (AvgIpc) is 2.97. The molecule has 5 heteroatoms. The van der Waals surface area contributed by atoms with Gasteiger partial charge in [0.15, 0.2) is 0 Å². The molecule has 2 amide bonds.